The van der Waals surface area contributed by atoms with Crippen LogP contribution in [0, 0.1) is 5.82 Å². The maximum absolute atomic E-state index is 13.8. The van der Waals surface area contributed by atoms with E-state index in [-0.39, 0.29) is 59.2 Å². The van der Waals surface area contributed by atoms with E-state index in [1.165, 1.54) is 19.2 Å². The largest absolute Gasteiger partial charge is 0.496 e. The number of likely N-dealkylation sites (tertiary alicyclic amines) is 2. The molecule has 6 heterocycles. The van der Waals surface area contributed by atoms with Gasteiger partial charge in [-0.3, -0.25) is 43.9 Å². The molecule has 328 valence electrons. The highest BCUT2D eigenvalue weighted by Gasteiger charge is 2.45. The number of nitrogens with zero attached hydrogens (tertiary/aromatic N) is 6. The van der Waals surface area contributed by atoms with Crippen molar-refractivity contribution in [3.8, 4) is 17.0 Å². The lowest BCUT2D eigenvalue weighted by Crippen LogP contribution is -2.62. The Morgan fingerprint density at radius 1 is 0.841 bits per heavy atom. The number of anilines is 2. The molecule has 5 aliphatic heterocycles. The Balaban J connectivity index is 0.757. The monoisotopic (exact) mass is 860 g/mol. The molecular weight excluding hydrogens is 812 g/mol. The van der Waals surface area contributed by atoms with Gasteiger partial charge in [-0.25, -0.2) is 9.07 Å². The van der Waals surface area contributed by atoms with E-state index in [2.05, 4.69) is 25.3 Å². The zero-order valence-corrected chi connectivity index (χ0v) is 34.8. The molecule has 63 heavy (non-hydrogen) atoms. The average Bonchev–Trinajstić information content (AvgIpc) is 3.74. The Kier molecular flexibility index (Phi) is 11.2. The van der Waals surface area contributed by atoms with Gasteiger partial charge in [0.2, 0.25) is 11.8 Å². The van der Waals surface area contributed by atoms with Crippen LogP contribution in [0.2, 0.25) is 0 Å². The van der Waals surface area contributed by atoms with Crippen LogP contribution >= 0.6 is 0 Å². The van der Waals surface area contributed by atoms with Crippen molar-refractivity contribution in [2.75, 3.05) is 57.0 Å². The summed E-state index contributed by atoms with van der Waals surface area (Å²) < 4.78 is 20.8. The molecule has 0 bridgehead atoms. The van der Waals surface area contributed by atoms with Crippen molar-refractivity contribution in [1.29, 1.82) is 0 Å². The summed E-state index contributed by atoms with van der Waals surface area (Å²) in [7, 11) is 1.41. The summed E-state index contributed by atoms with van der Waals surface area (Å²) in [4.78, 5) is 84.3. The summed E-state index contributed by atoms with van der Waals surface area (Å²) >= 11 is 0. The van der Waals surface area contributed by atoms with Gasteiger partial charge in [-0.2, -0.15) is 5.10 Å². The highest BCUT2D eigenvalue weighted by molar-refractivity contribution is 6.23. The third-order valence-corrected chi connectivity index (χ3v) is 13.3. The van der Waals surface area contributed by atoms with E-state index in [9.17, 15) is 33.2 Å². The first-order valence-electron chi connectivity index (χ1n) is 21.4. The number of methoxy groups -OCH3 is 1. The summed E-state index contributed by atoms with van der Waals surface area (Å²) in [6.07, 6.45) is 3.92. The number of imide groups is 2. The number of benzene rings is 3. The summed E-state index contributed by atoms with van der Waals surface area (Å²) in [6.45, 7) is 5.49. The quantitative estimate of drug-likeness (QED) is 0.160. The lowest BCUT2D eigenvalue weighted by atomic mass is 9.95. The molecule has 1 aromatic heterocycles. The Labute approximate surface area is 362 Å². The fraction of sp³-hybridized carbons (Fsp3) is 0.400. The third-order valence-electron chi connectivity index (χ3n) is 13.3. The van der Waals surface area contributed by atoms with Gasteiger partial charge in [-0.15, -0.1) is 0 Å². The van der Waals surface area contributed by atoms with Crippen LogP contribution < -0.4 is 31.7 Å². The van der Waals surface area contributed by atoms with E-state index in [1.54, 1.807) is 28.9 Å². The maximum Gasteiger partial charge on any atom is 0.262 e. The average molecular weight is 861 g/mol. The number of carbonyl (C=O) groups excluding carboxylic acids is 6. The summed E-state index contributed by atoms with van der Waals surface area (Å²) in [5.41, 5.74) is 16.0. The summed E-state index contributed by atoms with van der Waals surface area (Å²) in [5, 5.41) is 9.87. The molecule has 0 spiro atoms. The number of rotatable bonds is 11. The van der Waals surface area contributed by atoms with Gasteiger partial charge in [-0.1, -0.05) is 24.3 Å². The molecule has 4 saturated heterocycles. The van der Waals surface area contributed by atoms with E-state index in [4.69, 9.17) is 21.3 Å². The first-order chi connectivity index (χ1) is 30.4. The number of nitrogen functional groups attached to an aromatic ring is 1. The van der Waals surface area contributed by atoms with Crippen molar-refractivity contribution >= 4 is 46.9 Å². The fourth-order valence-corrected chi connectivity index (χ4v) is 9.75. The SMILES string of the molecule is COc1ccc(F)cc1C(=O)NCc1ccc(-c2nn(C3CCN(C4CCN(C5CN(c6ccc7c(c6)C(=O)N(C6CCC(=O)NC6=O)C7=O)C5)CC4)CC3)c(N)c2C(N)=O)cc1. The number of nitrogens with two attached hydrogens (primary N) is 2. The number of primary amides is 1. The number of nitrogens with one attached hydrogen (secondary N) is 2. The van der Waals surface area contributed by atoms with Crippen LogP contribution in [0.25, 0.3) is 11.3 Å². The van der Waals surface area contributed by atoms with Crippen molar-refractivity contribution in [2.24, 2.45) is 5.73 Å². The minimum Gasteiger partial charge on any atom is -0.496 e. The van der Waals surface area contributed by atoms with Crippen molar-refractivity contribution in [3.05, 3.63) is 94.3 Å². The molecule has 0 aliphatic carbocycles. The molecule has 18 heteroatoms. The molecule has 17 nitrogen and oxygen atoms in total. The Morgan fingerprint density at radius 2 is 1.51 bits per heavy atom. The van der Waals surface area contributed by atoms with E-state index in [0.29, 0.717) is 23.3 Å². The molecule has 1 atom stereocenters. The molecule has 4 fully saturated rings. The van der Waals surface area contributed by atoms with E-state index >= 15 is 0 Å². The molecule has 1 unspecified atom stereocenters. The number of ether oxygens (including phenoxy) is 1. The zero-order valence-electron chi connectivity index (χ0n) is 34.8. The van der Waals surface area contributed by atoms with Gasteiger partial charge < -0.3 is 31.3 Å². The first-order valence-corrected chi connectivity index (χ1v) is 21.4. The molecule has 0 saturated carbocycles. The number of hydrogen-bond donors (Lipinski definition) is 4. The number of fused-ring (bicyclic) bond motifs is 1. The molecule has 3 aromatic carbocycles. The second-order valence-electron chi connectivity index (χ2n) is 16.9. The number of carbonyl (C=O) groups is 6. The van der Waals surface area contributed by atoms with Crippen molar-refractivity contribution in [1.82, 2.24) is 35.1 Å². The van der Waals surface area contributed by atoms with Gasteiger partial charge in [0, 0.05) is 75.6 Å². The summed E-state index contributed by atoms with van der Waals surface area (Å²) in [6, 6.07) is 16.1. The van der Waals surface area contributed by atoms with Crippen molar-refractivity contribution < 1.29 is 37.9 Å². The zero-order chi connectivity index (χ0) is 44.1. The molecule has 0 radical (unpaired) electrons. The number of halogens is 1. The molecule has 5 aliphatic rings. The van der Waals surface area contributed by atoms with Crippen LogP contribution in [0.4, 0.5) is 15.9 Å². The molecule has 9 rings (SSSR count). The minimum absolute atomic E-state index is 0.00316. The van der Waals surface area contributed by atoms with Crippen molar-refractivity contribution in [3.63, 3.8) is 0 Å². The highest BCUT2D eigenvalue weighted by Crippen LogP contribution is 2.36. The van der Waals surface area contributed by atoms with Crippen LogP contribution in [0.15, 0.2) is 60.7 Å². The molecular formula is C45H49FN10O7. The van der Waals surface area contributed by atoms with Gasteiger partial charge in [-0.05, 0) is 74.1 Å². The van der Waals surface area contributed by atoms with Crippen molar-refractivity contribution in [2.45, 2.75) is 69.2 Å². The Bertz CT molecular complexity index is 2510. The standard InChI is InChI=1S/C45H49FN10O7/c1-63-36-10-6-27(46)20-34(36)42(59)49-22-25-2-4-26(5-3-25)39-38(41(48)58)40(47)56(51-39)29-14-18-52(19-15-29)28-12-16-53(17-13-28)31-23-54(24-31)30-7-8-32-33(21-30)45(62)55(44(32)61)35-9-11-37(57)50-43(35)60/h2-8,10,20-21,28-29,31,35H,9,11-19,22-24,47H2,1H3,(H2,48,58)(H,49,59)(H,50,57,60). The molecule has 6 N–H and O–H groups in total. The maximum atomic E-state index is 13.8. The van der Waals surface area contributed by atoms with Crippen LogP contribution in [-0.2, 0) is 16.1 Å². The minimum atomic E-state index is -0.989. The van der Waals surface area contributed by atoms with Crippen LogP contribution in [0.3, 0.4) is 0 Å². The van der Waals surface area contributed by atoms with Gasteiger partial charge in [0.1, 0.15) is 34.7 Å². The predicted octanol–water partition coefficient (Wildman–Crippen LogP) is 2.70. The van der Waals surface area contributed by atoms with E-state index < -0.39 is 47.3 Å². The fourth-order valence-electron chi connectivity index (χ4n) is 9.75. The van der Waals surface area contributed by atoms with Gasteiger partial charge in [0.25, 0.3) is 23.6 Å². The third kappa shape index (κ3) is 7.88. The van der Waals surface area contributed by atoms with Crippen LogP contribution in [-0.4, -0.2) is 124 Å². The highest BCUT2D eigenvalue weighted by atomic mass is 19.1. The normalized spacial score (nSPS) is 20.4. The van der Waals surface area contributed by atoms with Crippen LogP contribution in [0.1, 0.15) is 91.6 Å². The number of amides is 6. The van der Waals surface area contributed by atoms with E-state index in [0.717, 1.165) is 87.2 Å². The topological polar surface area (TPSA) is 219 Å². The molecule has 6 amide bonds. The summed E-state index contributed by atoms with van der Waals surface area (Å²) in [5.74, 6) is -3.20. The molecule has 4 aromatic rings. The predicted molar refractivity (Wildman–Crippen MR) is 228 cm³/mol. The second kappa shape index (κ2) is 16.9. The van der Waals surface area contributed by atoms with Crippen LogP contribution in [0.5, 0.6) is 5.75 Å². The number of piperidine rings is 3. The van der Waals surface area contributed by atoms with Gasteiger partial charge in [0.05, 0.1) is 29.8 Å². The van der Waals surface area contributed by atoms with Gasteiger partial charge >= 0.3 is 0 Å². The number of hydrogen-bond acceptors (Lipinski definition) is 12. The van der Waals surface area contributed by atoms with E-state index in [1.807, 2.05) is 18.2 Å². The number of aromatic nitrogens is 2. The lowest BCUT2D eigenvalue weighted by molar-refractivity contribution is -0.136. The Morgan fingerprint density at radius 3 is 2.17 bits per heavy atom. The first kappa shape index (κ1) is 41.7. The Hall–Kier alpha value is -6.66. The smallest absolute Gasteiger partial charge is 0.262 e. The lowest BCUT2D eigenvalue weighted by Gasteiger charge is -2.50. The second-order valence-corrected chi connectivity index (χ2v) is 16.9. The van der Waals surface area contributed by atoms with Gasteiger partial charge in [0.15, 0.2) is 0 Å².